The number of carboxylic acid groups (broad SMARTS) is 1. The van der Waals surface area contributed by atoms with Gasteiger partial charge in [-0.25, -0.2) is 4.79 Å². The zero-order chi connectivity index (χ0) is 9.56. The molecule has 0 atom stereocenters. The molecule has 0 unspecified atom stereocenters. The van der Waals surface area contributed by atoms with Crippen molar-refractivity contribution in [3.8, 4) is 6.07 Å². The minimum atomic E-state index is -0.931. The predicted molar refractivity (Wildman–Crippen MR) is 45.4 cm³/mol. The lowest BCUT2D eigenvalue weighted by atomic mass is 10.2. The third-order valence-electron chi connectivity index (χ3n) is 1.37. The zero-order valence-corrected chi connectivity index (χ0v) is 7.16. The number of hydrogen-bond acceptors (Lipinski definition) is 2. The van der Waals surface area contributed by atoms with Crippen LogP contribution in [0.4, 0.5) is 0 Å². The molecule has 0 rings (SSSR count). The second kappa shape index (κ2) is 5.14. The van der Waals surface area contributed by atoms with Gasteiger partial charge in [0, 0.05) is 11.1 Å². The Labute approximate surface area is 71.6 Å². The molecule has 0 spiro atoms. The molecular formula is C9H11NO2. The molecule has 3 nitrogen and oxygen atoms in total. The quantitative estimate of drug-likeness (QED) is 0.394. The van der Waals surface area contributed by atoms with Crippen LogP contribution < -0.4 is 0 Å². The van der Waals surface area contributed by atoms with Gasteiger partial charge >= 0.3 is 5.97 Å². The molecule has 0 saturated carbocycles. The molecule has 12 heavy (non-hydrogen) atoms. The number of nitrogens with zero attached hydrogens (tertiary/aromatic N) is 1. The third kappa shape index (κ3) is 3.57. The molecule has 0 aromatic carbocycles. The van der Waals surface area contributed by atoms with Gasteiger partial charge in [0.2, 0.25) is 0 Å². The fourth-order valence-corrected chi connectivity index (χ4v) is 0.603. The van der Waals surface area contributed by atoms with Gasteiger partial charge in [0.1, 0.15) is 0 Å². The molecule has 0 aliphatic heterocycles. The third-order valence-corrected chi connectivity index (χ3v) is 1.37. The second-order valence-electron chi connectivity index (χ2n) is 2.31. The van der Waals surface area contributed by atoms with E-state index < -0.39 is 5.97 Å². The first kappa shape index (κ1) is 10.4. The normalized spacial score (nSPS) is 12.4. The van der Waals surface area contributed by atoms with E-state index in [2.05, 4.69) is 0 Å². The van der Waals surface area contributed by atoms with E-state index in [1.165, 1.54) is 12.2 Å². The average molecular weight is 165 g/mol. The molecule has 0 aliphatic carbocycles. The lowest BCUT2D eigenvalue weighted by Gasteiger charge is -1.93. The molecule has 0 heterocycles. The van der Waals surface area contributed by atoms with Gasteiger partial charge in [-0.3, -0.25) is 0 Å². The molecule has 1 N–H and O–H groups in total. The number of allylic oxidation sites excluding steroid dienone is 3. The summed E-state index contributed by atoms with van der Waals surface area (Å²) in [4.78, 5) is 10.5. The van der Waals surface area contributed by atoms with E-state index in [1.807, 2.05) is 6.07 Å². The van der Waals surface area contributed by atoms with Gasteiger partial charge < -0.3 is 5.11 Å². The summed E-state index contributed by atoms with van der Waals surface area (Å²) in [5.41, 5.74) is 0.812. The van der Waals surface area contributed by atoms with Gasteiger partial charge in [-0.05, 0) is 19.4 Å². The minimum absolute atomic E-state index is 0.310. The largest absolute Gasteiger partial charge is 0.478 e. The van der Waals surface area contributed by atoms with Crippen LogP contribution >= 0.6 is 0 Å². The summed E-state index contributed by atoms with van der Waals surface area (Å²) in [5, 5.41) is 16.9. The molecule has 0 saturated heterocycles. The van der Waals surface area contributed by atoms with Crippen molar-refractivity contribution in [1.29, 1.82) is 5.26 Å². The molecule has 0 aromatic heterocycles. The van der Waals surface area contributed by atoms with Crippen molar-refractivity contribution in [1.82, 2.24) is 0 Å². The number of rotatable bonds is 3. The summed E-state index contributed by atoms with van der Waals surface area (Å²) in [6, 6.07) is 1.91. The van der Waals surface area contributed by atoms with Gasteiger partial charge in [-0.2, -0.15) is 5.26 Å². The van der Waals surface area contributed by atoms with Crippen molar-refractivity contribution < 1.29 is 9.90 Å². The van der Waals surface area contributed by atoms with Crippen LogP contribution in [0.2, 0.25) is 0 Å². The van der Waals surface area contributed by atoms with Crippen molar-refractivity contribution in [3.63, 3.8) is 0 Å². The Kier molecular flexibility index (Phi) is 4.47. The lowest BCUT2D eigenvalue weighted by Crippen LogP contribution is -1.98. The highest BCUT2D eigenvalue weighted by Gasteiger charge is 2.01. The zero-order valence-electron chi connectivity index (χ0n) is 7.16. The summed E-state index contributed by atoms with van der Waals surface area (Å²) in [5.74, 6) is -0.931. The Morgan fingerprint density at radius 2 is 2.17 bits per heavy atom. The average Bonchev–Trinajstić information content (AvgIpc) is 2.04. The number of hydrogen-bond donors (Lipinski definition) is 1. The van der Waals surface area contributed by atoms with Crippen LogP contribution in [-0.2, 0) is 4.79 Å². The standard InChI is InChI=1S/C9H11NO2/c1-3-8(9(11)12)5-4-7(2)6-10/h4-5H,3H2,1-2H3,(H,11,12). The van der Waals surface area contributed by atoms with Crippen LogP contribution in [0.5, 0.6) is 0 Å². The molecule has 3 heteroatoms. The van der Waals surface area contributed by atoms with Crippen molar-refractivity contribution >= 4 is 5.97 Å². The summed E-state index contributed by atoms with van der Waals surface area (Å²) in [6.45, 7) is 3.39. The molecule has 0 amide bonds. The summed E-state index contributed by atoms with van der Waals surface area (Å²) in [7, 11) is 0. The smallest absolute Gasteiger partial charge is 0.331 e. The van der Waals surface area contributed by atoms with Gasteiger partial charge in [0.15, 0.2) is 0 Å². The van der Waals surface area contributed by atoms with Crippen LogP contribution in [0.15, 0.2) is 23.3 Å². The van der Waals surface area contributed by atoms with E-state index in [0.29, 0.717) is 17.6 Å². The molecule has 0 aromatic rings. The number of nitriles is 1. The summed E-state index contributed by atoms with van der Waals surface area (Å²) in [6.07, 6.45) is 3.43. The van der Waals surface area contributed by atoms with Crippen LogP contribution in [0, 0.1) is 11.3 Å². The topological polar surface area (TPSA) is 61.1 Å². The molecule has 0 radical (unpaired) electrons. The second-order valence-corrected chi connectivity index (χ2v) is 2.31. The van der Waals surface area contributed by atoms with E-state index in [-0.39, 0.29) is 0 Å². The highest BCUT2D eigenvalue weighted by molar-refractivity contribution is 5.86. The van der Waals surface area contributed by atoms with E-state index in [0.717, 1.165) is 0 Å². The highest BCUT2D eigenvalue weighted by Crippen LogP contribution is 2.02. The molecule has 0 bridgehead atoms. The Hall–Kier alpha value is -1.56. The van der Waals surface area contributed by atoms with E-state index in [9.17, 15) is 4.79 Å². The molecular weight excluding hydrogens is 154 g/mol. The maximum atomic E-state index is 10.5. The monoisotopic (exact) mass is 165 g/mol. The van der Waals surface area contributed by atoms with Gasteiger partial charge in [0.25, 0.3) is 0 Å². The first-order valence-corrected chi connectivity index (χ1v) is 3.62. The fraction of sp³-hybridized carbons (Fsp3) is 0.333. The SMILES string of the molecule is CCC(=CC=C(C)C#N)C(=O)O. The van der Waals surface area contributed by atoms with Gasteiger partial charge in [-0.15, -0.1) is 0 Å². The maximum Gasteiger partial charge on any atom is 0.331 e. The van der Waals surface area contributed by atoms with Crippen LogP contribution in [0.3, 0.4) is 0 Å². The molecule has 0 aliphatic rings. The predicted octanol–water partition coefficient (Wildman–Crippen LogP) is 1.88. The molecule has 0 fully saturated rings. The Balaban J connectivity index is 4.54. The van der Waals surface area contributed by atoms with Crippen LogP contribution in [0.25, 0.3) is 0 Å². The maximum absolute atomic E-state index is 10.5. The Morgan fingerprint density at radius 3 is 2.50 bits per heavy atom. The lowest BCUT2D eigenvalue weighted by molar-refractivity contribution is -0.132. The number of aliphatic carboxylic acids is 1. The minimum Gasteiger partial charge on any atom is -0.478 e. The fourth-order valence-electron chi connectivity index (χ4n) is 0.603. The van der Waals surface area contributed by atoms with Crippen molar-refractivity contribution in [3.05, 3.63) is 23.3 Å². The van der Waals surface area contributed by atoms with E-state index >= 15 is 0 Å². The summed E-state index contributed by atoms with van der Waals surface area (Å²) >= 11 is 0. The van der Waals surface area contributed by atoms with Crippen molar-refractivity contribution in [2.45, 2.75) is 20.3 Å². The van der Waals surface area contributed by atoms with Crippen molar-refractivity contribution in [2.24, 2.45) is 0 Å². The highest BCUT2D eigenvalue weighted by atomic mass is 16.4. The van der Waals surface area contributed by atoms with Crippen molar-refractivity contribution in [2.75, 3.05) is 0 Å². The van der Waals surface area contributed by atoms with Gasteiger partial charge in [-0.1, -0.05) is 13.0 Å². The first-order valence-electron chi connectivity index (χ1n) is 3.62. The van der Waals surface area contributed by atoms with Crippen LogP contribution in [-0.4, -0.2) is 11.1 Å². The van der Waals surface area contributed by atoms with E-state index in [4.69, 9.17) is 10.4 Å². The Bertz CT molecular complexity index is 269. The molecule has 64 valence electrons. The van der Waals surface area contributed by atoms with Gasteiger partial charge in [0.05, 0.1) is 6.07 Å². The first-order chi connectivity index (χ1) is 5.61. The van der Waals surface area contributed by atoms with Crippen LogP contribution in [0.1, 0.15) is 20.3 Å². The summed E-state index contributed by atoms with van der Waals surface area (Å²) < 4.78 is 0. The number of carboxylic acids is 1. The van der Waals surface area contributed by atoms with E-state index in [1.54, 1.807) is 13.8 Å². The number of carbonyl (C=O) groups is 1. The Morgan fingerprint density at radius 1 is 1.58 bits per heavy atom.